The fourth-order valence-electron chi connectivity index (χ4n) is 2.13. The molecule has 1 heterocycles. The molecular formula is C13H19NO3. The summed E-state index contributed by atoms with van der Waals surface area (Å²) in [5.41, 5.74) is 0. The van der Waals surface area contributed by atoms with Gasteiger partial charge in [0.05, 0.1) is 6.04 Å². The molecule has 4 heteroatoms. The van der Waals surface area contributed by atoms with Crippen LogP contribution in [0, 0.1) is 5.92 Å². The molecule has 2 rings (SSSR count). The lowest BCUT2D eigenvalue weighted by molar-refractivity contribution is 0.0659. The Balaban J connectivity index is 1.88. The van der Waals surface area contributed by atoms with E-state index in [2.05, 4.69) is 12.2 Å². The van der Waals surface area contributed by atoms with Crippen LogP contribution in [0.1, 0.15) is 55.5 Å². The molecule has 2 unspecified atom stereocenters. The predicted molar refractivity (Wildman–Crippen MR) is 64.0 cm³/mol. The van der Waals surface area contributed by atoms with Crippen LogP contribution < -0.4 is 5.32 Å². The van der Waals surface area contributed by atoms with E-state index in [1.807, 2.05) is 6.92 Å². The maximum absolute atomic E-state index is 10.7. The highest BCUT2D eigenvalue weighted by Crippen LogP contribution is 2.33. The van der Waals surface area contributed by atoms with Crippen molar-refractivity contribution in [1.82, 2.24) is 5.32 Å². The number of carboxylic acid groups (broad SMARTS) is 1. The summed E-state index contributed by atoms with van der Waals surface area (Å²) in [6.45, 7) is 4.16. The summed E-state index contributed by atoms with van der Waals surface area (Å²) in [5, 5.41) is 12.2. The first-order valence-electron chi connectivity index (χ1n) is 6.15. The second-order valence-electron chi connectivity index (χ2n) is 4.98. The van der Waals surface area contributed by atoms with Crippen LogP contribution in [0.15, 0.2) is 16.5 Å². The van der Waals surface area contributed by atoms with Gasteiger partial charge in [-0.3, -0.25) is 0 Å². The summed E-state index contributed by atoms with van der Waals surface area (Å²) in [5.74, 6) is 0.555. The van der Waals surface area contributed by atoms with E-state index in [1.54, 1.807) is 6.07 Å². The zero-order valence-electron chi connectivity index (χ0n) is 10.3. The summed E-state index contributed by atoms with van der Waals surface area (Å²) in [6.07, 6.45) is 3.89. The fourth-order valence-corrected chi connectivity index (χ4v) is 2.13. The Morgan fingerprint density at radius 3 is 2.76 bits per heavy atom. The SMILES string of the molecule is CC(CC1CC1)NC(C)c1ccc(C(=O)O)o1. The fraction of sp³-hybridized carbons (Fsp3) is 0.615. The molecular weight excluding hydrogens is 218 g/mol. The van der Waals surface area contributed by atoms with Gasteiger partial charge >= 0.3 is 5.97 Å². The molecule has 0 aromatic carbocycles. The summed E-state index contributed by atoms with van der Waals surface area (Å²) in [7, 11) is 0. The topological polar surface area (TPSA) is 62.5 Å². The molecule has 17 heavy (non-hydrogen) atoms. The number of nitrogens with one attached hydrogen (secondary N) is 1. The number of hydrogen-bond donors (Lipinski definition) is 2. The van der Waals surface area contributed by atoms with Gasteiger partial charge in [-0.05, 0) is 38.3 Å². The quantitative estimate of drug-likeness (QED) is 0.798. The third-order valence-corrected chi connectivity index (χ3v) is 3.18. The first-order chi connectivity index (χ1) is 8.06. The molecule has 1 fully saturated rings. The first kappa shape index (κ1) is 12.2. The second-order valence-corrected chi connectivity index (χ2v) is 4.98. The molecule has 1 aliphatic rings. The van der Waals surface area contributed by atoms with Crippen molar-refractivity contribution < 1.29 is 14.3 Å². The Morgan fingerprint density at radius 1 is 1.53 bits per heavy atom. The molecule has 0 aliphatic heterocycles. The number of carboxylic acids is 1. The average molecular weight is 237 g/mol. The van der Waals surface area contributed by atoms with E-state index in [4.69, 9.17) is 9.52 Å². The van der Waals surface area contributed by atoms with E-state index in [-0.39, 0.29) is 11.8 Å². The Labute approximate surface area is 101 Å². The van der Waals surface area contributed by atoms with Crippen LogP contribution in [0.25, 0.3) is 0 Å². The predicted octanol–water partition coefficient (Wildman–Crippen LogP) is 2.82. The van der Waals surface area contributed by atoms with Crippen molar-refractivity contribution in [1.29, 1.82) is 0 Å². The third kappa shape index (κ3) is 3.33. The molecule has 94 valence electrons. The minimum Gasteiger partial charge on any atom is -0.475 e. The van der Waals surface area contributed by atoms with Crippen LogP contribution in [0.2, 0.25) is 0 Å². The van der Waals surface area contributed by atoms with Crippen molar-refractivity contribution in [2.45, 2.75) is 45.2 Å². The molecule has 1 aliphatic carbocycles. The minimum absolute atomic E-state index is 0.00324. The van der Waals surface area contributed by atoms with Crippen LogP contribution in [-0.2, 0) is 0 Å². The van der Waals surface area contributed by atoms with E-state index < -0.39 is 5.97 Å². The smallest absolute Gasteiger partial charge is 0.371 e. The second kappa shape index (κ2) is 4.92. The van der Waals surface area contributed by atoms with E-state index in [1.165, 1.54) is 25.3 Å². The molecule has 0 radical (unpaired) electrons. The van der Waals surface area contributed by atoms with Crippen LogP contribution in [0.5, 0.6) is 0 Å². The van der Waals surface area contributed by atoms with Gasteiger partial charge in [0, 0.05) is 6.04 Å². The summed E-state index contributed by atoms with van der Waals surface area (Å²) in [4.78, 5) is 10.7. The lowest BCUT2D eigenvalue weighted by Gasteiger charge is -2.18. The highest BCUT2D eigenvalue weighted by Gasteiger charge is 2.24. The molecule has 0 bridgehead atoms. The number of furan rings is 1. The first-order valence-corrected chi connectivity index (χ1v) is 6.15. The summed E-state index contributed by atoms with van der Waals surface area (Å²) in [6, 6.07) is 3.72. The van der Waals surface area contributed by atoms with Gasteiger partial charge in [-0.1, -0.05) is 12.8 Å². The average Bonchev–Trinajstić information content (AvgIpc) is 2.92. The maximum atomic E-state index is 10.7. The van der Waals surface area contributed by atoms with Gasteiger partial charge in [-0.25, -0.2) is 4.79 Å². The Hall–Kier alpha value is -1.29. The maximum Gasteiger partial charge on any atom is 0.371 e. The molecule has 0 spiro atoms. The Morgan fingerprint density at radius 2 is 2.24 bits per heavy atom. The van der Waals surface area contributed by atoms with Crippen molar-refractivity contribution in [2.75, 3.05) is 0 Å². The number of aromatic carboxylic acids is 1. The number of rotatable bonds is 6. The van der Waals surface area contributed by atoms with Crippen molar-refractivity contribution >= 4 is 5.97 Å². The van der Waals surface area contributed by atoms with Crippen LogP contribution in [-0.4, -0.2) is 17.1 Å². The summed E-state index contributed by atoms with van der Waals surface area (Å²) < 4.78 is 5.27. The molecule has 0 amide bonds. The number of carbonyl (C=O) groups is 1. The molecule has 1 aromatic heterocycles. The summed E-state index contributed by atoms with van der Waals surface area (Å²) >= 11 is 0. The zero-order chi connectivity index (χ0) is 12.4. The van der Waals surface area contributed by atoms with Gasteiger partial charge in [0.15, 0.2) is 0 Å². The Kier molecular flexibility index (Phi) is 3.52. The van der Waals surface area contributed by atoms with E-state index in [0.717, 1.165) is 5.92 Å². The highest BCUT2D eigenvalue weighted by atomic mass is 16.4. The molecule has 2 atom stereocenters. The van der Waals surface area contributed by atoms with Crippen molar-refractivity contribution in [3.8, 4) is 0 Å². The molecule has 1 aromatic rings. The van der Waals surface area contributed by atoms with Gasteiger partial charge in [0.1, 0.15) is 5.76 Å². The van der Waals surface area contributed by atoms with Crippen LogP contribution in [0.4, 0.5) is 0 Å². The lowest BCUT2D eigenvalue weighted by Crippen LogP contribution is -2.29. The van der Waals surface area contributed by atoms with E-state index >= 15 is 0 Å². The largest absolute Gasteiger partial charge is 0.475 e. The van der Waals surface area contributed by atoms with Gasteiger partial charge in [0.2, 0.25) is 5.76 Å². The zero-order valence-corrected chi connectivity index (χ0v) is 10.3. The lowest BCUT2D eigenvalue weighted by atomic mass is 10.1. The van der Waals surface area contributed by atoms with Gasteiger partial charge in [-0.15, -0.1) is 0 Å². The van der Waals surface area contributed by atoms with Crippen molar-refractivity contribution in [3.63, 3.8) is 0 Å². The monoisotopic (exact) mass is 237 g/mol. The Bertz CT molecular complexity index is 395. The van der Waals surface area contributed by atoms with E-state index in [0.29, 0.717) is 11.8 Å². The van der Waals surface area contributed by atoms with Gasteiger partial charge in [-0.2, -0.15) is 0 Å². The van der Waals surface area contributed by atoms with Gasteiger partial charge in [0.25, 0.3) is 0 Å². The number of hydrogen-bond acceptors (Lipinski definition) is 3. The molecule has 2 N–H and O–H groups in total. The molecule has 4 nitrogen and oxygen atoms in total. The standard InChI is InChI=1S/C13H19NO3/c1-8(7-10-3-4-10)14-9(2)11-5-6-12(17-11)13(15)16/h5-6,8-10,14H,3-4,7H2,1-2H3,(H,15,16). The van der Waals surface area contributed by atoms with Crippen molar-refractivity contribution in [3.05, 3.63) is 23.7 Å². The van der Waals surface area contributed by atoms with Crippen LogP contribution in [0.3, 0.4) is 0 Å². The van der Waals surface area contributed by atoms with Crippen molar-refractivity contribution in [2.24, 2.45) is 5.92 Å². The normalized spacial score (nSPS) is 18.9. The highest BCUT2D eigenvalue weighted by molar-refractivity contribution is 5.84. The van der Waals surface area contributed by atoms with Crippen LogP contribution >= 0.6 is 0 Å². The third-order valence-electron chi connectivity index (χ3n) is 3.18. The minimum atomic E-state index is -1.02. The van der Waals surface area contributed by atoms with Gasteiger partial charge < -0.3 is 14.8 Å². The molecule has 1 saturated carbocycles. The van der Waals surface area contributed by atoms with E-state index in [9.17, 15) is 4.79 Å². The molecule has 0 saturated heterocycles.